The van der Waals surface area contributed by atoms with Crippen LogP contribution in [-0.2, 0) is 14.6 Å². The molecule has 1 aromatic heterocycles. The maximum Gasteiger partial charge on any atom is 0.233 e. The fourth-order valence-corrected chi connectivity index (χ4v) is 5.27. The monoisotopic (exact) mass is 344 g/mol. The fraction of sp³-hybridized carbons (Fsp3) is 0.769. The maximum absolute atomic E-state index is 12.2. The average Bonchev–Trinajstić information content (AvgIpc) is 3.12. The van der Waals surface area contributed by atoms with E-state index >= 15 is 0 Å². The van der Waals surface area contributed by atoms with E-state index in [1.807, 2.05) is 13.8 Å². The number of sulfone groups is 1. The first-order chi connectivity index (χ1) is 10.4. The van der Waals surface area contributed by atoms with E-state index in [0.29, 0.717) is 12.5 Å². The minimum absolute atomic E-state index is 0.0491. The van der Waals surface area contributed by atoms with E-state index in [0.717, 1.165) is 23.8 Å². The van der Waals surface area contributed by atoms with Crippen LogP contribution in [0.5, 0.6) is 0 Å². The summed E-state index contributed by atoms with van der Waals surface area (Å²) in [6.45, 7) is 3.73. The lowest BCUT2D eigenvalue weighted by Crippen LogP contribution is -2.40. The summed E-state index contributed by atoms with van der Waals surface area (Å²) in [5, 5.41) is 11.5. The number of amides is 1. The van der Waals surface area contributed by atoms with Crippen LogP contribution in [0.1, 0.15) is 38.1 Å². The van der Waals surface area contributed by atoms with Crippen LogP contribution in [-0.4, -0.2) is 51.9 Å². The number of carbonyl (C=O) groups excluding carboxylic acids is 1. The van der Waals surface area contributed by atoms with Crippen LogP contribution in [0.15, 0.2) is 5.16 Å². The van der Waals surface area contributed by atoms with Crippen LogP contribution in [0.4, 0.5) is 0 Å². The molecule has 7 nitrogen and oxygen atoms in total. The summed E-state index contributed by atoms with van der Waals surface area (Å²) in [5.41, 5.74) is 0. The number of aromatic nitrogens is 3. The van der Waals surface area contributed by atoms with Crippen molar-refractivity contribution in [1.29, 1.82) is 0 Å². The zero-order chi connectivity index (χ0) is 15.9. The molecule has 1 aliphatic carbocycles. The molecule has 0 unspecified atom stereocenters. The van der Waals surface area contributed by atoms with Gasteiger partial charge in [-0.05, 0) is 33.1 Å². The molecule has 0 radical (unpaired) electrons. The molecule has 2 aliphatic rings. The number of aryl methyl sites for hydroxylation is 1. The quantitative estimate of drug-likeness (QED) is 0.791. The third kappa shape index (κ3) is 3.45. The van der Waals surface area contributed by atoms with Crippen molar-refractivity contribution < 1.29 is 13.2 Å². The van der Waals surface area contributed by atoms with Crippen LogP contribution in [0.25, 0.3) is 0 Å². The highest BCUT2D eigenvalue weighted by atomic mass is 32.2. The minimum Gasteiger partial charge on any atom is -0.351 e. The Morgan fingerprint density at radius 2 is 2.09 bits per heavy atom. The molecule has 1 saturated heterocycles. The molecule has 1 N–H and O–H groups in total. The Morgan fingerprint density at radius 3 is 2.68 bits per heavy atom. The van der Waals surface area contributed by atoms with Crippen molar-refractivity contribution in [2.24, 2.45) is 0 Å². The zero-order valence-corrected chi connectivity index (χ0v) is 14.3. The Hall–Kier alpha value is -1.09. The highest BCUT2D eigenvalue weighted by Gasteiger charge is 2.32. The van der Waals surface area contributed by atoms with E-state index in [4.69, 9.17) is 0 Å². The summed E-state index contributed by atoms with van der Waals surface area (Å²) < 4.78 is 25.0. The Kier molecular flexibility index (Phi) is 4.19. The normalized spacial score (nSPS) is 25.1. The number of thioether (sulfide) groups is 1. The summed E-state index contributed by atoms with van der Waals surface area (Å²) in [6, 6.07) is 0.205. The van der Waals surface area contributed by atoms with Crippen molar-refractivity contribution in [3.63, 3.8) is 0 Å². The Labute approximate surface area is 134 Å². The van der Waals surface area contributed by atoms with Gasteiger partial charge in [0.05, 0.1) is 16.8 Å². The van der Waals surface area contributed by atoms with Crippen LogP contribution in [0.2, 0.25) is 0 Å². The molecule has 3 rings (SSSR count). The number of hydrogen-bond donors (Lipinski definition) is 1. The van der Waals surface area contributed by atoms with Crippen molar-refractivity contribution >= 4 is 27.5 Å². The van der Waals surface area contributed by atoms with E-state index in [-0.39, 0.29) is 28.7 Å². The van der Waals surface area contributed by atoms with Gasteiger partial charge in [0, 0.05) is 12.1 Å². The van der Waals surface area contributed by atoms with Gasteiger partial charge in [-0.3, -0.25) is 4.79 Å². The Balaban J connectivity index is 1.60. The van der Waals surface area contributed by atoms with Crippen molar-refractivity contribution in [2.45, 2.75) is 55.6 Å². The summed E-state index contributed by atoms with van der Waals surface area (Å²) in [6.07, 6.45) is 2.77. The molecule has 122 valence electrons. The van der Waals surface area contributed by atoms with E-state index in [2.05, 4.69) is 20.1 Å². The molecular weight excluding hydrogens is 324 g/mol. The van der Waals surface area contributed by atoms with Gasteiger partial charge >= 0.3 is 0 Å². The molecule has 2 fully saturated rings. The zero-order valence-electron chi connectivity index (χ0n) is 12.7. The molecule has 2 atom stereocenters. The molecule has 9 heteroatoms. The van der Waals surface area contributed by atoms with Gasteiger partial charge in [0.15, 0.2) is 15.0 Å². The van der Waals surface area contributed by atoms with E-state index in [1.54, 1.807) is 0 Å². The predicted molar refractivity (Wildman–Crippen MR) is 83.6 cm³/mol. The molecule has 22 heavy (non-hydrogen) atoms. The molecular formula is C13H20N4O3S2. The van der Waals surface area contributed by atoms with Crippen molar-refractivity contribution in [2.75, 3.05) is 11.5 Å². The highest BCUT2D eigenvalue weighted by Crippen LogP contribution is 2.39. The largest absolute Gasteiger partial charge is 0.351 e. The summed E-state index contributed by atoms with van der Waals surface area (Å²) in [7, 11) is -2.98. The van der Waals surface area contributed by atoms with Gasteiger partial charge in [0.1, 0.15) is 5.82 Å². The lowest BCUT2D eigenvalue weighted by Gasteiger charge is -2.15. The molecule has 0 spiro atoms. The number of nitrogens with zero attached hydrogens (tertiary/aromatic N) is 3. The fourth-order valence-electron chi connectivity index (χ4n) is 2.62. The second-order valence-electron chi connectivity index (χ2n) is 6.00. The van der Waals surface area contributed by atoms with Gasteiger partial charge in [-0.2, -0.15) is 0 Å². The van der Waals surface area contributed by atoms with Crippen LogP contribution in [0.3, 0.4) is 0 Å². The third-order valence-electron chi connectivity index (χ3n) is 3.98. The van der Waals surface area contributed by atoms with Crippen LogP contribution < -0.4 is 5.32 Å². The van der Waals surface area contributed by atoms with Gasteiger partial charge in [-0.25, -0.2) is 8.42 Å². The standard InChI is InChI=1S/C13H20N4O3S2/c1-8(12(18)14-10-5-6-22(19,20)7-10)21-13-16-15-9(2)17(13)11-3-4-11/h8,10-11H,3-7H2,1-2H3,(H,14,18)/t8-,10-/m1/s1. The molecule has 1 saturated carbocycles. The summed E-state index contributed by atoms with van der Waals surface area (Å²) in [4.78, 5) is 12.2. The van der Waals surface area contributed by atoms with Crippen molar-refractivity contribution in [3.8, 4) is 0 Å². The van der Waals surface area contributed by atoms with E-state index < -0.39 is 9.84 Å². The lowest BCUT2D eigenvalue weighted by atomic mass is 10.2. The molecule has 1 aliphatic heterocycles. The van der Waals surface area contributed by atoms with Gasteiger partial charge in [-0.15, -0.1) is 10.2 Å². The van der Waals surface area contributed by atoms with Gasteiger partial charge in [0.25, 0.3) is 0 Å². The molecule has 1 amide bonds. The van der Waals surface area contributed by atoms with E-state index in [1.165, 1.54) is 11.8 Å². The van der Waals surface area contributed by atoms with Crippen LogP contribution in [0, 0.1) is 6.92 Å². The first kappa shape index (κ1) is 15.8. The lowest BCUT2D eigenvalue weighted by molar-refractivity contribution is -0.120. The minimum atomic E-state index is -2.98. The third-order valence-corrected chi connectivity index (χ3v) is 6.80. The molecule has 0 bridgehead atoms. The first-order valence-electron chi connectivity index (χ1n) is 7.44. The topological polar surface area (TPSA) is 94.0 Å². The number of carbonyl (C=O) groups is 1. The highest BCUT2D eigenvalue weighted by molar-refractivity contribution is 8.00. The number of hydrogen-bond acceptors (Lipinski definition) is 6. The number of nitrogens with one attached hydrogen (secondary N) is 1. The Morgan fingerprint density at radius 1 is 1.36 bits per heavy atom. The van der Waals surface area contributed by atoms with Gasteiger partial charge < -0.3 is 9.88 Å². The predicted octanol–water partition coefficient (Wildman–Crippen LogP) is 0.705. The summed E-state index contributed by atoms with van der Waals surface area (Å²) in [5.74, 6) is 0.942. The molecule has 2 heterocycles. The second-order valence-corrected chi connectivity index (χ2v) is 9.54. The Bertz CT molecular complexity index is 681. The first-order valence-corrected chi connectivity index (χ1v) is 10.1. The maximum atomic E-state index is 12.2. The van der Waals surface area contributed by atoms with Crippen molar-refractivity contribution in [1.82, 2.24) is 20.1 Å². The van der Waals surface area contributed by atoms with Gasteiger partial charge in [-0.1, -0.05) is 11.8 Å². The summed E-state index contributed by atoms with van der Waals surface area (Å²) >= 11 is 1.38. The average molecular weight is 344 g/mol. The number of rotatable bonds is 5. The molecule has 0 aromatic carbocycles. The van der Waals surface area contributed by atoms with Crippen molar-refractivity contribution in [3.05, 3.63) is 5.82 Å². The SMILES string of the molecule is Cc1nnc(S[C@H](C)C(=O)N[C@@H]2CCS(=O)(=O)C2)n1C1CC1. The van der Waals surface area contributed by atoms with Gasteiger partial charge in [0.2, 0.25) is 5.91 Å². The second kappa shape index (κ2) is 5.84. The molecule has 1 aromatic rings. The van der Waals surface area contributed by atoms with Crippen LogP contribution >= 0.6 is 11.8 Å². The smallest absolute Gasteiger partial charge is 0.233 e. The van der Waals surface area contributed by atoms with E-state index in [9.17, 15) is 13.2 Å².